The average molecular weight is 333 g/mol. The highest BCUT2D eigenvalue weighted by molar-refractivity contribution is 9.09. The molecule has 0 radical (unpaired) electrons. The highest BCUT2D eigenvalue weighted by atomic mass is 79.9. The van der Waals surface area contributed by atoms with E-state index in [2.05, 4.69) is 70.5 Å². The first-order chi connectivity index (χ1) is 9.88. The lowest BCUT2D eigenvalue weighted by atomic mass is 10.0. The summed E-state index contributed by atoms with van der Waals surface area (Å²) in [7, 11) is 0. The lowest BCUT2D eigenvalue weighted by Gasteiger charge is -2.06. The van der Waals surface area contributed by atoms with Crippen LogP contribution in [0.5, 0.6) is 5.75 Å². The molecule has 0 saturated carbocycles. The molecule has 0 aromatic heterocycles. The number of rotatable bonds is 8. The first-order valence-corrected chi connectivity index (χ1v) is 8.32. The Kier molecular flexibility index (Phi) is 6.65. The van der Waals surface area contributed by atoms with Crippen LogP contribution in [-0.4, -0.2) is 11.9 Å². The van der Waals surface area contributed by atoms with Crippen LogP contribution in [0.2, 0.25) is 0 Å². The number of benzene rings is 2. The van der Waals surface area contributed by atoms with Crippen molar-refractivity contribution in [2.45, 2.75) is 25.7 Å². The smallest absolute Gasteiger partial charge is 0.119 e. The predicted molar refractivity (Wildman–Crippen MR) is 88.8 cm³/mol. The third-order valence-corrected chi connectivity index (χ3v) is 3.80. The van der Waals surface area contributed by atoms with E-state index in [-0.39, 0.29) is 0 Å². The fraction of sp³-hybridized carbons (Fsp3) is 0.333. The summed E-state index contributed by atoms with van der Waals surface area (Å²) in [5.74, 6) is 0.970. The molecule has 0 aliphatic carbocycles. The maximum absolute atomic E-state index is 5.65. The van der Waals surface area contributed by atoms with Gasteiger partial charge in [-0.25, -0.2) is 0 Å². The summed E-state index contributed by atoms with van der Waals surface area (Å²) in [5, 5.41) is 0.991. The van der Waals surface area contributed by atoms with Gasteiger partial charge in [-0.05, 0) is 48.9 Å². The molecule has 2 rings (SSSR count). The molecule has 2 aromatic rings. The summed E-state index contributed by atoms with van der Waals surface area (Å²) in [4.78, 5) is 0. The molecule has 0 bridgehead atoms. The molecule has 106 valence electrons. The molecule has 0 aliphatic heterocycles. The van der Waals surface area contributed by atoms with E-state index in [1.54, 1.807) is 0 Å². The zero-order valence-electron chi connectivity index (χ0n) is 11.7. The predicted octanol–water partition coefficient (Wildman–Crippen LogP) is 5.03. The molecule has 0 unspecified atom stereocenters. The van der Waals surface area contributed by atoms with Crippen molar-refractivity contribution in [2.75, 3.05) is 11.9 Å². The Bertz CT molecular complexity index is 479. The van der Waals surface area contributed by atoms with E-state index in [4.69, 9.17) is 4.74 Å². The SMILES string of the molecule is BrCCCOc1ccc(CCCc2ccccc2)cc1. The van der Waals surface area contributed by atoms with Gasteiger partial charge in [-0.1, -0.05) is 58.4 Å². The molecule has 0 saturated heterocycles. The zero-order chi connectivity index (χ0) is 14.0. The minimum absolute atomic E-state index is 0.776. The Labute approximate surface area is 130 Å². The van der Waals surface area contributed by atoms with Crippen LogP contribution in [-0.2, 0) is 12.8 Å². The Morgan fingerprint density at radius 3 is 2.05 bits per heavy atom. The summed E-state index contributed by atoms with van der Waals surface area (Å²) in [6.07, 6.45) is 4.49. The standard InChI is InChI=1S/C18H21BrO/c19-14-5-15-20-18-12-10-17(11-13-18)9-4-8-16-6-2-1-3-7-16/h1-3,6-7,10-13H,4-5,8-9,14-15H2. The maximum atomic E-state index is 5.65. The van der Waals surface area contributed by atoms with Crippen molar-refractivity contribution in [1.82, 2.24) is 0 Å². The van der Waals surface area contributed by atoms with Crippen LogP contribution in [0.15, 0.2) is 54.6 Å². The van der Waals surface area contributed by atoms with Crippen molar-refractivity contribution >= 4 is 15.9 Å². The summed E-state index contributed by atoms with van der Waals surface area (Å²) in [6, 6.07) is 19.2. The van der Waals surface area contributed by atoms with Gasteiger partial charge in [-0.2, -0.15) is 0 Å². The Morgan fingerprint density at radius 1 is 0.750 bits per heavy atom. The van der Waals surface area contributed by atoms with Crippen LogP contribution in [0.4, 0.5) is 0 Å². The van der Waals surface area contributed by atoms with Crippen molar-refractivity contribution in [3.8, 4) is 5.75 Å². The molecule has 2 heteroatoms. The third kappa shape index (κ3) is 5.38. The molecule has 2 aromatic carbocycles. The fourth-order valence-electron chi connectivity index (χ4n) is 2.14. The van der Waals surface area contributed by atoms with E-state index < -0.39 is 0 Å². The second-order valence-corrected chi connectivity index (χ2v) is 5.67. The third-order valence-electron chi connectivity index (χ3n) is 3.24. The summed E-state index contributed by atoms with van der Waals surface area (Å²) in [5.41, 5.74) is 2.80. The highest BCUT2D eigenvalue weighted by Crippen LogP contribution is 2.14. The van der Waals surface area contributed by atoms with Gasteiger partial charge in [-0.3, -0.25) is 0 Å². The maximum Gasteiger partial charge on any atom is 0.119 e. The number of aryl methyl sites for hydroxylation is 2. The van der Waals surface area contributed by atoms with Crippen LogP contribution in [0, 0.1) is 0 Å². The van der Waals surface area contributed by atoms with Gasteiger partial charge in [0.05, 0.1) is 6.61 Å². The Balaban J connectivity index is 1.73. The normalized spacial score (nSPS) is 10.4. The van der Waals surface area contributed by atoms with E-state index in [0.29, 0.717) is 0 Å². The number of hydrogen-bond donors (Lipinski definition) is 0. The van der Waals surface area contributed by atoms with Crippen molar-refractivity contribution in [1.29, 1.82) is 0 Å². The van der Waals surface area contributed by atoms with Gasteiger partial charge >= 0.3 is 0 Å². The molecule has 0 N–H and O–H groups in total. The molecular formula is C18H21BrO. The van der Waals surface area contributed by atoms with E-state index in [1.165, 1.54) is 17.5 Å². The molecule has 20 heavy (non-hydrogen) atoms. The first kappa shape index (κ1) is 15.1. The summed E-state index contributed by atoms with van der Waals surface area (Å²) < 4.78 is 5.65. The molecule has 1 nitrogen and oxygen atoms in total. The Hall–Kier alpha value is -1.28. The van der Waals surface area contributed by atoms with E-state index >= 15 is 0 Å². The number of ether oxygens (including phenoxy) is 1. The van der Waals surface area contributed by atoms with Crippen LogP contribution in [0.25, 0.3) is 0 Å². The zero-order valence-corrected chi connectivity index (χ0v) is 13.3. The van der Waals surface area contributed by atoms with Crippen molar-refractivity contribution in [3.63, 3.8) is 0 Å². The van der Waals surface area contributed by atoms with Gasteiger partial charge in [0.25, 0.3) is 0 Å². The minimum atomic E-state index is 0.776. The molecule has 0 spiro atoms. The van der Waals surface area contributed by atoms with Crippen LogP contribution in [0.3, 0.4) is 0 Å². The second kappa shape index (κ2) is 8.80. The average Bonchev–Trinajstić information content (AvgIpc) is 2.50. The van der Waals surface area contributed by atoms with E-state index in [9.17, 15) is 0 Å². The quantitative estimate of drug-likeness (QED) is 0.486. The van der Waals surface area contributed by atoms with Gasteiger partial charge in [0, 0.05) is 5.33 Å². The van der Waals surface area contributed by atoms with Crippen molar-refractivity contribution in [2.24, 2.45) is 0 Å². The molecule has 0 amide bonds. The van der Waals surface area contributed by atoms with Crippen molar-refractivity contribution in [3.05, 3.63) is 65.7 Å². The second-order valence-electron chi connectivity index (χ2n) is 4.87. The molecular weight excluding hydrogens is 312 g/mol. The van der Waals surface area contributed by atoms with Crippen LogP contribution in [0.1, 0.15) is 24.0 Å². The summed E-state index contributed by atoms with van der Waals surface area (Å²) in [6.45, 7) is 0.776. The van der Waals surface area contributed by atoms with Gasteiger partial charge in [-0.15, -0.1) is 0 Å². The van der Waals surface area contributed by atoms with E-state index in [1.807, 2.05) is 0 Å². The molecule has 0 aliphatic rings. The fourth-order valence-corrected chi connectivity index (χ4v) is 2.37. The van der Waals surface area contributed by atoms with Gasteiger partial charge in [0.1, 0.15) is 5.75 Å². The monoisotopic (exact) mass is 332 g/mol. The number of halogens is 1. The lowest BCUT2D eigenvalue weighted by Crippen LogP contribution is -1.97. The van der Waals surface area contributed by atoms with Crippen LogP contribution < -0.4 is 4.74 Å². The molecule has 0 heterocycles. The highest BCUT2D eigenvalue weighted by Gasteiger charge is 1.97. The summed E-state index contributed by atoms with van der Waals surface area (Å²) >= 11 is 3.40. The Morgan fingerprint density at radius 2 is 1.40 bits per heavy atom. The number of hydrogen-bond acceptors (Lipinski definition) is 1. The van der Waals surface area contributed by atoms with E-state index in [0.717, 1.165) is 36.9 Å². The van der Waals surface area contributed by atoms with Gasteiger partial charge in [0.15, 0.2) is 0 Å². The lowest BCUT2D eigenvalue weighted by molar-refractivity contribution is 0.319. The first-order valence-electron chi connectivity index (χ1n) is 7.20. The molecule has 0 atom stereocenters. The van der Waals surface area contributed by atoms with Crippen molar-refractivity contribution < 1.29 is 4.74 Å². The van der Waals surface area contributed by atoms with Crippen LogP contribution >= 0.6 is 15.9 Å². The minimum Gasteiger partial charge on any atom is -0.494 e. The molecule has 0 fully saturated rings. The van der Waals surface area contributed by atoms with Gasteiger partial charge < -0.3 is 4.74 Å². The topological polar surface area (TPSA) is 9.23 Å². The largest absolute Gasteiger partial charge is 0.494 e. The number of alkyl halides is 1. The van der Waals surface area contributed by atoms with Gasteiger partial charge in [0.2, 0.25) is 0 Å².